The molecule has 0 aliphatic heterocycles. The Morgan fingerprint density at radius 3 is 2.50 bits per heavy atom. The van der Waals surface area contributed by atoms with Gasteiger partial charge in [-0.05, 0) is 37.3 Å². The summed E-state index contributed by atoms with van der Waals surface area (Å²) in [6, 6.07) is 0. The Hall–Kier alpha value is -0.0800. The molecule has 1 unspecified atom stereocenters. The first kappa shape index (κ1) is 13.9. The lowest BCUT2D eigenvalue weighted by Gasteiger charge is -2.32. The third-order valence-corrected chi connectivity index (χ3v) is 3.29. The molecule has 0 bridgehead atoms. The summed E-state index contributed by atoms with van der Waals surface area (Å²) in [6.07, 6.45) is 2.40. The van der Waals surface area contributed by atoms with Gasteiger partial charge in [-0.2, -0.15) is 0 Å². The molecule has 0 fully saturated rings. The van der Waals surface area contributed by atoms with E-state index in [0.717, 1.165) is 32.0 Å². The standard InChI is InChI=1S/C12H27NO/c1-6-13-9-8-12(3,4)11(2)7-10-14-5/h11,13H,6-10H2,1-5H3. The van der Waals surface area contributed by atoms with Crippen molar-refractivity contribution in [2.75, 3.05) is 26.8 Å². The fraction of sp³-hybridized carbons (Fsp3) is 1.00. The van der Waals surface area contributed by atoms with Gasteiger partial charge in [-0.1, -0.05) is 27.7 Å². The van der Waals surface area contributed by atoms with Crippen molar-refractivity contribution < 1.29 is 4.74 Å². The Labute approximate surface area is 89.4 Å². The van der Waals surface area contributed by atoms with E-state index in [1.165, 1.54) is 6.42 Å². The topological polar surface area (TPSA) is 21.3 Å². The van der Waals surface area contributed by atoms with Gasteiger partial charge in [-0.25, -0.2) is 0 Å². The summed E-state index contributed by atoms with van der Waals surface area (Å²) in [7, 11) is 1.78. The van der Waals surface area contributed by atoms with E-state index in [9.17, 15) is 0 Å². The van der Waals surface area contributed by atoms with E-state index in [4.69, 9.17) is 4.74 Å². The second-order valence-electron chi connectivity index (χ2n) is 4.77. The maximum Gasteiger partial charge on any atom is 0.0465 e. The number of methoxy groups -OCH3 is 1. The van der Waals surface area contributed by atoms with Gasteiger partial charge in [0.05, 0.1) is 0 Å². The van der Waals surface area contributed by atoms with Crippen LogP contribution in [0.15, 0.2) is 0 Å². The van der Waals surface area contributed by atoms with Crippen molar-refractivity contribution in [2.45, 2.75) is 40.5 Å². The van der Waals surface area contributed by atoms with E-state index < -0.39 is 0 Å². The summed E-state index contributed by atoms with van der Waals surface area (Å²) in [5, 5.41) is 3.38. The highest BCUT2D eigenvalue weighted by Crippen LogP contribution is 2.32. The van der Waals surface area contributed by atoms with Crippen LogP contribution in [0.25, 0.3) is 0 Å². The normalized spacial score (nSPS) is 14.4. The first-order valence-corrected chi connectivity index (χ1v) is 5.74. The van der Waals surface area contributed by atoms with Crippen molar-refractivity contribution >= 4 is 0 Å². The van der Waals surface area contributed by atoms with Gasteiger partial charge in [0, 0.05) is 13.7 Å². The van der Waals surface area contributed by atoms with Gasteiger partial charge in [0.2, 0.25) is 0 Å². The van der Waals surface area contributed by atoms with Crippen molar-refractivity contribution in [3.8, 4) is 0 Å². The molecule has 0 aromatic heterocycles. The maximum atomic E-state index is 5.12. The van der Waals surface area contributed by atoms with E-state index in [0.29, 0.717) is 5.41 Å². The molecule has 2 heteroatoms. The molecular weight excluding hydrogens is 174 g/mol. The monoisotopic (exact) mass is 201 g/mol. The van der Waals surface area contributed by atoms with E-state index in [2.05, 4.69) is 33.0 Å². The predicted molar refractivity (Wildman–Crippen MR) is 62.6 cm³/mol. The molecule has 86 valence electrons. The summed E-state index contributed by atoms with van der Waals surface area (Å²) in [5.74, 6) is 0.723. The summed E-state index contributed by atoms with van der Waals surface area (Å²) in [6.45, 7) is 12.3. The first-order valence-electron chi connectivity index (χ1n) is 5.74. The molecular formula is C12H27NO. The molecule has 0 rings (SSSR count). The number of ether oxygens (including phenoxy) is 1. The molecule has 0 saturated heterocycles. The highest BCUT2D eigenvalue weighted by molar-refractivity contribution is 4.76. The minimum atomic E-state index is 0.417. The van der Waals surface area contributed by atoms with Crippen LogP contribution in [0.1, 0.15) is 40.5 Å². The lowest BCUT2D eigenvalue weighted by Crippen LogP contribution is -2.28. The third kappa shape index (κ3) is 5.61. The second kappa shape index (κ2) is 7.24. The van der Waals surface area contributed by atoms with E-state index in [1.54, 1.807) is 7.11 Å². The molecule has 1 atom stereocenters. The van der Waals surface area contributed by atoms with Crippen LogP contribution >= 0.6 is 0 Å². The lowest BCUT2D eigenvalue weighted by atomic mass is 9.76. The fourth-order valence-electron chi connectivity index (χ4n) is 1.52. The van der Waals surface area contributed by atoms with Gasteiger partial charge >= 0.3 is 0 Å². The molecule has 1 N–H and O–H groups in total. The molecule has 0 aromatic carbocycles. The molecule has 0 aliphatic rings. The van der Waals surface area contributed by atoms with Gasteiger partial charge in [-0.15, -0.1) is 0 Å². The molecule has 0 saturated carbocycles. The Morgan fingerprint density at radius 1 is 1.36 bits per heavy atom. The molecule has 0 amide bonds. The van der Waals surface area contributed by atoms with Crippen LogP contribution in [0, 0.1) is 11.3 Å². The lowest BCUT2D eigenvalue weighted by molar-refractivity contribution is 0.130. The van der Waals surface area contributed by atoms with Crippen LogP contribution in [-0.4, -0.2) is 26.8 Å². The van der Waals surface area contributed by atoms with Crippen LogP contribution in [0.4, 0.5) is 0 Å². The third-order valence-electron chi connectivity index (χ3n) is 3.29. The zero-order valence-corrected chi connectivity index (χ0v) is 10.5. The summed E-state index contributed by atoms with van der Waals surface area (Å²) < 4.78 is 5.12. The zero-order chi connectivity index (χ0) is 11.0. The molecule has 0 radical (unpaired) electrons. The fourth-order valence-corrected chi connectivity index (χ4v) is 1.52. The Morgan fingerprint density at radius 2 is 2.00 bits per heavy atom. The first-order chi connectivity index (χ1) is 6.54. The molecule has 2 nitrogen and oxygen atoms in total. The van der Waals surface area contributed by atoms with E-state index in [-0.39, 0.29) is 0 Å². The molecule has 0 aromatic rings. The largest absolute Gasteiger partial charge is 0.385 e. The van der Waals surface area contributed by atoms with Crippen LogP contribution in [-0.2, 0) is 4.74 Å². The van der Waals surface area contributed by atoms with Gasteiger partial charge in [0.25, 0.3) is 0 Å². The summed E-state index contributed by atoms with van der Waals surface area (Å²) in [4.78, 5) is 0. The van der Waals surface area contributed by atoms with Crippen LogP contribution in [0.3, 0.4) is 0 Å². The second-order valence-corrected chi connectivity index (χ2v) is 4.77. The number of rotatable bonds is 8. The number of hydrogen-bond acceptors (Lipinski definition) is 2. The Balaban J connectivity index is 3.77. The number of hydrogen-bond donors (Lipinski definition) is 1. The Bertz CT molecular complexity index is 134. The quantitative estimate of drug-likeness (QED) is 0.610. The number of nitrogens with one attached hydrogen (secondary N) is 1. The molecule has 0 aliphatic carbocycles. The molecule has 0 spiro atoms. The highest BCUT2D eigenvalue weighted by atomic mass is 16.5. The van der Waals surface area contributed by atoms with Crippen molar-refractivity contribution in [1.29, 1.82) is 0 Å². The summed E-state index contributed by atoms with van der Waals surface area (Å²) >= 11 is 0. The van der Waals surface area contributed by atoms with Crippen LogP contribution in [0.2, 0.25) is 0 Å². The van der Waals surface area contributed by atoms with Gasteiger partial charge in [0.1, 0.15) is 0 Å². The van der Waals surface area contributed by atoms with Crippen LogP contribution < -0.4 is 5.32 Å². The van der Waals surface area contributed by atoms with Gasteiger partial charge in [0.15, 0.2) is 0 Å². The molecule has 0 heterocycles. The molecule has 14 heavy (non-hydrogen) atoms. The average Bonchev–Trinajstić information content (AvgIpc) is 2.14. The van der Waals surface area contributed by atoms with Crippen LogP contribution in [0.5, 0.6) is 0 Å². The van der Waals surface area contributed by atoms with E-state index >= 15 is 0 Å². The minimum Gasteiger partial charge on any atom is -0.385 e. The van der Waals surface area contributed by atoms with Gasteiger partial charge in [-0.3, -0.25) is 0 Å². The SMILES string of the molecule is CCNCCC(C)(C)C(C)CCOC. The van der Waals surface area contributed by atoms with Crippen molar-refractivity contribution in [2.24, 2.45) is 11.3 Å². The summed E-state index contributed by atoms with van der Waals surface area (Å²) in [5.41, 5.74) is 0.417. The van der Waals surface area contributed by atoms with Gasteiger partial charge < -0.3 is 10.1 Å². The van der Waals surface area contributed by atoms with Crippen molar-refractivity contribution in [1.82, 2.24) is 5.32 Å². The smallest absolute Gasteiger partial charge is 0.0465 e. The minimum absolute atomic E-state index is 0.417. The van der Waals surface area contributed by atoms with Crippen molar-refractivity contribution in [3.63, 3.8) is 0 Å². The van der Waals surface area contributed by atoms with Crippen molar-refractivity contribution in [3.05, 3.63) is 0 Å². The van der Waals surface area contributed by atoms with E-state index in [1.807, 2.05) is 0 Å². The average molecular weight is 201 g/mol. The Kier molecular flexibility index (Phi) is 7.20. The zero-order valence-electron chi connectivity index (χ0n) is 10.5. The highest BCUT2D eigenvalue weighted by Gasteiger charge is 2.24. The maximum absolute atomic E-state index is 5.12. The predicted octanol–water partition coefficient (Wildman–Crippen LogP) is 2.68.